The van der Waals surface area contributed by atoms with E-state index in [9.17, 15) is 10.2 Å². The summed E-state index contributed by atoms with van der Waals surface area (Å²) in [4.78, 5) is 0. The van der Waals surface area contributed by atoms with Crippen molar-refractivity contribution in [2.75, 3.05) is 6.54 Å². The Morgan fingerprint density at radius 2 is 2.20 bits per heavy atom. The summed E-state index contributed by atoms with van der Waals surface area (Å²) in [5.74, 6) is -0.130. The third-order valence-corrected chi connectivity index (χ3v) is 2.23. The monoisotopic (exact) mass is 273 g/mol. The van der Waals surface area contributed by atoms with Crippen LogP contribution in [-0.2, 0) is 0 Å². The van der Waals surface area contributed by atoms with E-state index in [0.29, 0.717) is 10.0 Å². The minimum absolute atomic E-state index is 0.0706. The second-order valence-corrected chi connectivity index (χ2v) is 3.97. The summed E-state index contributed by atoms with van der Waals surface area (Å²) >= 11 is 3.20. The van der Waals surface area contributed by atoms with Crippen molar-refractivity contribution in [3.8, 4) is 5.75 Å². The van der Waals surface area contributed by atoms with E-state index in [4.69, 9.17) is 11.1 Å². The molecule has 15 heavy (non-hydrogen) atoms. The largest absolute Gasteiger partial charge is 0.508 e. The summed E-state index contributed by atoms with van der Waals surface area (Å²) < 4.78 is 0.680. The van der Waals surface area contributed by atoms with Gasteiger partial charge in [0.15, 0.2) is 5.96 Å². The van der Waals surface area contributed by atoms with Gasteiger partial charge in [-0.2, -0.15) is 0 Å². The minimum Gasteiger partial charge on any atom is -0.508 e. The first-order valence-electron chi connectivity index (χ1n) is 4.24. The van der Waals surface area contributed by atoms with Crippen LogP contribution in [0.3, 0.4) is 0 Å². The maximum Gasteiger partial charge on any atom is 0.185 e. The fourth-order valence-corrected chi connectivity index (χ4v) is 1.61. The Bertz CT molecular complexity index is 350. The maximum absolute atomic E-state index is 9.67. The van der Waals surface area contributed by atoms with Gasteiger partial charge in [0, 0.05) is 11.0 Å². The zero-order chi connectivity index (χ0) is 11.4. The number of aliphatic hydroxyl groups is 1. The van der Waals surface area contributed by atoms with E-state index in [1.54, 1.807) is 6.07 Å². The molecule has 0 heterocycles. The van der Waals surface area contributed by atoms with Crippen molar-refractivity contribution in [1.82, 2.24) is 5.32 Å². The van der Waals surface area contributed by atoms with E-state index in [2.05, 4.69) is 21.2 Å². The van der Waals surface area contributed by atoms with Crippen LogP contribution in [-0.4, -0.2) is 22.7 Å². The molecular formula is C9H12BrN3O2. The molecule has 0 spiro atoms. The summed E-state index contributed by atoms with van der Waals surface area (Å²) in [6.07, 6.45) is -0.822. The number of halogens is 1. The van der Waals surface area contributed by atoms with Gasteiger partial charge < -0.3 is 21.3 Å². The van der Waals surface area contributed by atoms with Gasteiger partial charge in [-0.15, -0.1) is 0 Å². The fraction of sp³-hybridized carbons (Fsp3) is 0.222. The molecule has 6 N–H and O–H groups in total. The van der Waals surface area contributed by atoms with Crippen molar-refractivity contribution in [2.45, 2.75) is 6.10 Å². The predicted octanol–water partition coefficient (Wildman–Crippen LogP) is 0.671. The first-order chi connectivity index (χ1) is 6.99. The Morgan fingerprint density at radius 1 is 1.53 bits per heavy atom. The predicted molar refractivity (Wildman–Crippen MR) is 60.7 cm³/mol. The van der Waals surface area contributed by atoms with Crippen molar-refractivity contribution < 1.29 is 10.2 Å². The number of hydrogen-bond acceptors (Lipinski definition) is 3. The second kappa shape index (κ2) is 4.99. The maximum atomic E-state index is 9.67. The molecule has 0 radical (unpaired) electrons. The molecule has 0 bridgehead atoms. The molecule has 1 atom stereocenters. The van der Waals surface area contributed by atoms with Crippen LogP contribution in [0.1, 0.15) is 11.7 Å². The summed E-state index contributed by atoms with van der Waals surface area (Å²) in [5, 5.41) is 28.4. The standard InChI is InChI=1S/C9H12BrN3O2/c10-6-1-5(2-7(14)3-6)8(15)4-13-9(11)12/h1-3,8,14-15H,4H2,(H4,11,12,13)/t8-/m0/s1. The van der Waals surface area contributed by atoms with Crippen LogP contribution in [0.25, 0.3) is 0 Å². The van der Waals surface area contributed by atoms with Gasteiger partial charge >= 0.3 is 0 Å². The van der Waals surface area contributed by atoms with Crippen LogP contribution in [0.4, 0.5) is 0 Å². The van der Waals surface area contributed by atoms with Gasteiger partial charge in [-0.25, -0.2) is 0 Å². The third-order valence-electron chi connectivity index (χ3n) is 1.78. The van der Waals surface area contributed by atoms with Gasteiger partial charge in [0.05, 0.1) is 6.10 Å². The Morgan fingerprint density at radius 3 is 2.73 bits per heavy atom. The molecule has 0 unspecified atom stereocenters. The first kappa shape index (κ1) is 11.8. The average molecular weight is 274 g/mol. The van der Waals surface area contributed by atoms with Crippen LogP contribution in [0.15, 0.2) is 22.7 Å². The molecule has 5 nitrogen and oxygen atoms in total. The van der Waals surface area contributed by atoms with Crippen LogP contribution in [0, 0.1) is 5.41 Å². The Labute approximate surface area is 95.6 Å². The first-order valence-corrected chi connectivity index (χ1v) is 5.03. The Hall–Kier alpha value is -1.27. The van der Waals surface area contributed by atoms with Crippen molar-refractivity contribution >= 4 is 21.9 Å². The minimum atomic E-state index is -0.822. The topological polar surface area (TPSA) is 102 Å². The van der Waals surface area contributed by atoms with E-state index >= 15 is 0 Å². The van der Waals surface area contributed by atoms with Crippen molar-refractivity contribution in [1.29, 1.82) is 5.41 Å². The fourth-order valence-electron chi connectivity index (χ4n) is 1.11. The van der Waals surface area contributed by atoms with E-state index in [-0.39, 0.29) is 18.3 Å². The summed E-state index contributed by atoms with van der Waals surface area (Å²) in [6, 6.07) is 4.66. The highest BCUT2D eigenvalue weighted by molar-refractivity contribution is 9.10. The second-order valence-electron chi connectivity index (χ2n) is 3.05. The normalized spacial score (nSPS) is 12.1. The number of nitrogens with one attached hydrogen (secondary N) is 2. The molecule has 0 aliphatic carbocycles. The molecule has 0 fully saturated rings. The van der Waals surface area contributed by atoms with E-state index in [1.165, 1.54) is 12.1 Å². The molecule has 1 rings (SSSR count). The SMILES string of the molecule is N=C(N)NC[C@H](O)c1cc(O)cc(Br)c1. The van der Waals surface area contributed by atoms with Crippen molar-refractivity contribution in [3.63, 3.8) is 0 Å². The van der Waals surface area contributed by atoms with Gasteiger partial charge in [0.25, 0.3) is 0 Å². The van der Waals surface area contributed by atoms with Crippen LogP contribution >= 0.6 is 15.9 Å². The van der Waals surface area contributed by atoms with Crippen molar-refractivity contribution in [2.24, 2.45) is 5.73 Å². The summed E-state index contributed by atoms with van der Waals surface area (Å²) in [5.41, 5.74) is 5.63. The molecule has 6 heteroatoms. The third kappa shape index (κ3) is 3.77. The number of aromatic hydroxyl groups is 1. The van der Waals surface area contributed by atoms with Crippen LogP contribution in [0.2, 0.25) is 0 Å². The molecule has 1 aromatic carbocycles. The lowest BCUT2D eigenvalue weighted by atomic mass is 10.1. The highest BCUT2D eigenvalue weighted by Gasteiger charge is 2.09. The number of hydrogen-bond donors (Lipinski definition) is 5. The molecular weight excluding hydrogens is 262 g/mol. The van der Waals surface area contributed by atoms with Gasteiger partial charge in [0.1, 0.15) is 5.75 Å². The molecule has 0 saturated heterocycles. The molecule has 82 valence electrons. The highest BCUT2D eigenvalue weighted by atomic mass is 79.9. The number of aliphatic hydroxyl groups excluding tert-OH is 1. The summed E-state index contributed by atoms with van der Waals surface area (Å²) in [7, 11) is 0. The van der Waals surface area contributed by atoms with Crippen LogP contribution in [0.5, 0.6) is 5.75 Å². The van der Waals surface area contributed by atoms with Crippen molar-refractivity contribution in [3.05, 3.63) is 28.2 Å². The number of benzene rings is 1. The van der Waals surface area contributed by atoms with Gasteiger partial charge in [-0.3, -0.25) is 5.41 Å². The molecule has 0 aromatic heterocycles. The lowest BCUT2D eigenvalue weighted by Crippen LogP contribution is -2.33. The van der Waals surface area contributed by atoms with Crippen LogP contribution < -0.4 is 11.1 Å². The van der Waals surface area contributed by atoms with Gasteiger partial charge in [-0.1, -0.05) is 15.9 Å². The lowest BCUT2D eigenvalue weighted by Gasteiger charge is -2.12. The zero-order valence-electron chi connectivity index (χ0n) is 7.87. The van der Waals surface area contributed by atoms with Gasteiger partial charge in [-0.05, 0) is 23.8 Å². The average Bonchev–Trinajstić information content (AvgIpc) is 2.12. The van der Waals surface area contributed by atoms with E-state index < -0.39 is 6.10 Å². The van der Waals surface area contributed by atoms with E-state index in [1.807, 2.05) is 0 Å². The number of guanidine groups is 1. The Balaban J connectivity index is 2.72. The number of phenolic OH excluding ortho intramolecular Hbond substituents is 1. The number of phenols is 1. The molecule has 0 aliphatic heterocycles. The van der Waals surface area contributed by atoms with E-state index in [0.717, 1.165) is 0 Å². The smallest absolute Gasteiger partial charge is 0.185 e. The highest BCUT2D eigenvalue weighted by Crippen LogP contribution is 2.24. The number of rotatable bonds is 3. The quantitative estimate of drug-likeness (QED) is 0.413. The number of nitrogens with two attached hydrogens (primary N) is 1. The Kier molecular flexibility index (Phi) is 3.93. The molecule has 0 amide bonds. The lowest BCUT2D eigenvalue weighted by molar-refractivity contribution is 0.180. The van der Waals surface area contributed by atoms with Gasteiger partial charge in [0.2, 0.25) is 0 Å². The molecule has 0 aliphatic rings. The zero-order valence-corrected chi connectivity index (χ0v) is 9.45. The molecule has 0 saturated carbocycles. The molecule has 1 aromatic rings. The summed E-state index contributed by atoms with van der Waals surface area (Å²) in [6.45, 7) is 0.130.